The molecule has 1 saturated heterocycles. The molecule has 1 fully saturated rings. The van der Waals surface area contributed by atoms with Gasteiger partial charge in [-0.05, 0) is 42.0 Å². The molecule has 2 aromatic carbocycles. The quantitative estimate of drug-likeness (QED) is 0.464. The van der Waals surface area contributed by atoms with E-state index in [1.165, 1.54) is 6.08 Å². The van der Waals surface area contributed by atoms with Crippen molar-refractivity contribution in [1.29, 1.82) is 0 Å². The smallest absolute Gasteiger partial charge is 0.331 e. The molecular weight excluding hydrogens is 467 g/mol. The van der Waals surface area contributed by atoms with Gasteiger partial charge in [0.2, 0.25) is 0 Å². The molecule has 2 aliphatic heterocycles. The van der Waals surface area contributed by atoms with Crippen LogP contribution in [-0.4, -0.2) is 62.8 Å². The van der Waals surface area contributed by atoms with E-state index in [1.807, 2.05) is 24.3 Å². The zero-order valence-electron chi connectivity index (χ0n) is 18.0. The molecule has 33 heavy (non-hydrogen) atoms. The summed E-state index contributed by atoms with van der Waals surface area (Å²) in [6, 6.07) is 11.1. The SMILES string of the molecule is O=C(/C=C/c1cc(Cl)c2c(c1)OCCCO2)OCC(=O)N1CCN(c2cccc(Cl)c2)CC1. The maximum absolute atomic E-state index is 12.4. The number of hydrogen-bond acceptors (Lipinski definition) is 6. The lowest BCUT2D eigenvalue weighted by molar-refractivity contribution is -0.148. The van der Waals surface area contributed by atoms with Crippen LogP contribution in [-0.2, 0) is 14.3 Å². The van der Waals surface area contributed by atoms with E-state index in [2.05, 4.69) is 4.90 Å². The molecule has 0 unspecified atom stereocenters. The molecule has 0 radical (unpaired) electrons. The molecule has 2 aromatic rings. The van der Waals surface area contributed by atoms with E-state index in [0.29, 0.717) is 66.5 Å². The monoisotopic (exact) mass is 490 g/mol. The minimum absolute atomic E-state index is 0.221. The first-order valence-electron chi connectivity index (χ1n) is 10.7. The molecule has 0 N–H and O–H groups in total. The number of rotatable bonds is 5. The van der Waals surface area contributed by atoms with Crippen LogP contribution in [0.2, 0.25) is 10.0 Å². The van der Waals surface area contributed by atoms with Gasteiger partial charge in [0.1, 0.15) is 0 Å². The van der Waals surface area contributed by atoms with Crippen LogP contribution in [0.15, 0.2) is 42.5 Å². The highest BCUT2D eigenvalue weighted by molar-refractivity contribution is 6.32. The maximum atomic E-state index is 12.4. The molecule has 7 nitrogen and oxygen atoms in total. The third kappa shape index (κ3) is 6.12. The van der Waals surface area contributed by atoms with Crippen LogP contribution in [0, 0.1) is 0 Å². The topological polar surface area (TPSA) is 68.3 Å². The van der Waals surface area contributed by atoms with Gasteiger partial charge in [0.05, 0.1) is 18.2 Å². The molecule has 0 spiro atoms. The number of halogens is 2. The Hall–Kier alpha value is -2.90. The van der Waals surface area contributed by atoms with Crippen molar-refractivity contribution in [1.82, 2.24) is 4.90 Å². The van der Waals surface area contributed by atoms with Gasteiger partial charge in [0.25, 0.3) is 5.91 Å². The fourth-order valence-electron chi connectivity index (χ4n) is 3.67. The first-order valence-corrected chi connectivity index (χ1v) is 11.5. The third-order valence-corrected chi connectivity index (χ3v) is 5.90. The molecule has 9 heteroatoms. The van der Waals surface area contributed by atoms with Gasteiger partial charge >= 0.3 is 5.97 Å². The third-order valence-electron chi connectivity index (χ3n) is 5.38. The highest BCUT2D eigenvalue weighted by atomic mass is 35.5. The summed E-state index contributed by atoms with van der Waals surface area (Å²) in [5.41, 5.74) is 1.70. The number of hydrogen-bond donors (Lipinski definition) is 0. The van der Waals surface area contributed by atoms with Crippen LogP contribution in [0.5, 0.6) is 11.5 Å². The minimum Gasteiger partial charge on any atom is -0.489 e. The van der Waals surface area contributed by atoms with E-state index in [0.717, 1.165) is 12.1 Å². The molecule has 1 amide bonds. The Morgan fingerprint density at radius 1 is 1.03 bits per heavy atom. The molecule has 2 heterocycles. The van der Waals surface area contributed by atoms with Crippen molar-refractivity contribution in [3.05, 3.63) is 58.1 Å². The molecule has 0 atom stereocenters. The lowest BCUT2D eigenvalue weighted by Gasteiger charge is -2.36. The van der Waals surface area contributed by atoms with Crippen molar-refractivity contribution < 1.29 is 23.8 Å². The van der Waals surface area contributed by atoms with E-state index < -0.39 is 5.97 Å². The molecule has 0 saturated carbocycles. The Morgan fingerprint density at radius 2 is 1.82 bits per heavy atom. The first kappa shape index (κ1) is 23.3. The fraction of sp³-hybridized carbons (Fsp3) is 0.333. The highest BCUT2D eigenvalue weighted by Gasteiger charge is 2.22. The predicted octanol–water partition coefficient (Wildman–Crippen LogP) is 4.06. The Balaban J connectivity index is 1.25. The number of fused-ring (bicyclic) bond motifs is 1. The van der Waals surface area contributed by atoms with Gasteiger partial charge < -0.3 is 24.0 Å². The molecule has 0 aliphatic carbocycles. The summed E-state index contributed by atoms with van der Waals surface area (Å²) in [6.07, 6.45) is 3.60. The van der Waals surface area contributed by atoms with E-state index in [4.69, 9.17) is 37.4 Å². The van der Waals surface area contributed by atoms with E-state index in [9.17, 15) is 9.59 Å². The van der Waals surface area contributed by atoms with Crippen LogP contribution in [0.25, 0.3) is 6.08 Å². The summed E-state index contributed by atoms with van der Waals surface area (Å²) in [5.74, 6) is 0.223. The average molecular weight is 491 g/mol. The number of piperazine rings is 1. The van der Waals surface area contributed by atoms with Gasteiger partial charge in [-0.25, -0.2) is 4.79 Å². The average Bonchev–Trinajstić information content (AvgIpc) is 3.07. The molecule has 4 rings (SSSR count). The van der Waals surface area contributed by atoms with Crippen LogP contribution >= 0.6 is 23.2 Å². The summed E-state index contributed by atoms with van der Waals surface area (Å²) >= 11 is 12.3. The normalized spacial score (nSPS) is 15.9. The second-order valence-corrected chi connectivity index (χ2v) is 8.51. The summed E-state index contributed by atoms with van der Waals surface area (Å²) in [4.78, 5) is 28.4. The maximum Gasteiger partial charge on any atom is 0.331 e. The van der Waals surface area contributed by atoms with Crippen LogP contribution in [0.3, 0.4) is 0 Å². The van der Waals surface area contributed by atoms with Crippen molar-refractivity contribution >= 4 is 46.8 Å². The fourth-order valence-corrected chi connectivity index (χ4v) is 4.13. The van der Waals surface area contributed by atoms with Gasteiger partial charge in [-0.3, -0.25) is 4.79 Å². The number of esters is 1. The van der Waals surface area contributed by atoms with Crippen molar-refractivity contribution in [2.75, 3.05) is 50.9 Å². The zero-order chi connectivity index (χ0) is 23.2. The van der Waals surface area contributed by atoms with Crippen molar-refractivity contribution in [3.63, 3.8) is 0 Å². The van der Waals surface area contributed by atoms with Crippen molar-refractivity contribution in [3.8, 4) is 11.5 Å². The second kappa shape index (κ2) is 10.8. The summed E-state index contributed by atoms with van der Waals surface area (Å²) in [7, 11) is 0. The van der Waals surface area contributed by atoms with E-state index in [-0.39, 0.29) is 12.5 Å². The number of carbonyl (C=O) groups excluding carboxylic acids is 2. The molecule has 2 aliphatic rings. The van der Waals surface area contributed by atoms with Crippen LogP contribution in [0.4, 0.5) is 5.69 Å². The summed E-state index contributed by atoms with van der Waals surface area (Å²) in [6.45, 7) is 3.24. The Morgan fingerprint density at radius 3 is 2.61 bits per heavy atom. The number of anilines is 1. The number of benzene rings is 2. The Kier molecular flexibility index (Phi) is 7.62. The van der Waals surface area contributed by atoms with Crippen LogP contribution in [0.1, 0.15) is 12.0 Å². The lowest BCUT2D eigenvalue weighted by Crippen LogP contribution is -2.49. The molecule has 0 aromatic heterocycles. The first-order chi connectivity index (χ1) is 16.0. The van der Waals surface area contributed by atoms with Crippen molar-refractivity contribution in [2.45, 2.75) is 6.42 Å². The Labute approximate surface area is 202 Å². The van der Waals surface area contributed by atoms with Gasteiger partial charge in [-0.15, -0.1) is 0 Å². The molecule has 174 valence electrons. The number of carbonyl (C=O) groups is 2. The van der Waals surface area contributed by atoms with E-state index in [1.54, 1.807) is 23.1 Å². The van der Waals surface area contributed by atoms with Gasteiger partial charge in [-0.2, -0.15) is 0 Å². The lowest BCUT2D eigenvalue weighted by atomic mass is 10.2. The van der Waals surface area contributed by atoms with Gasteiger partial charge in [0, 0.05) is 49.4 Å². The van der Waals surface area contributed by atoms with Gasteiger partial charge in [-0.1, -0.05) is 29.3 Å². The van der Waals surface area contributed by atoms with Gasteiger partial charge in [0.15, 0.2) is 18.1 Å². The molecular formula is C24H24Cl2N2O5. The molecule has 0 bridgehead atoms. The standard InChI is InChI=1S/C24H24Cl2N2O5/c25-18-3-1-4-19(15-18)27-7-9-28(10-8-27)22(29)16-33-23(30)6-5-17-13-20(26)24-21(14-17)31-11-2-12-32-24/h1,3-6,13-15H,2,7-12,16H2/b6-5+. The number of amides is 1. The minimum atomic E-state index is -0.607. The summed E-state index contributed by atoms with van der Waals surface area (Å²) < 4.78 is 16.4. The number of ether oxygens (including phenoxy) is 3. The largest absolute Gasteiger partial charge is 0.489 e. The number of nitrogens with zero attached hydrogens (tertiary/aromatic N) is 2. The Bertz CT molecular complexity index is 1050. The zero-order valence-corrected chi connectivity index (χ0v) is 19.5. The van der Waals surface area contributed by atoms with E-state index >= 15 is 0 Å². The van der Waals surface area contributed by atoms with Crippen molar-refractivity contribution in [2.24, 2.45) is 0 Å². The second-order valence-electron chi connectivity index (χ2n) is 7.67. The summed E-state index contributed by atoms with van der Waals surface area (Å²) in [5, 5.41) is 1.09. The highest BCUT2D eigenvalue weighted by Crippen LogP contribution is 2.38. The predicted molar refractivity (Wildman–Crippen MR) is 127 cm³/mol. The van der Waals surface area contributed by atoms with Crippen LogP contribution < -0.4 is 14.4 Å².